The first-order valence-electron chi connectivity index (χ1n) is 9.23. The van der Waals surface area contributed by atoms with Gasteiger partial charge in [0.05, 0.1) is 5.69 Å². The van der Waals surface area contributed by atoms with Crippen molar-refractivity contribution in [1.29, 1.82) is 0 Å². The summed E-state index contributed by atoms with van der Waals surface area (Å²) in [4.78, 5) is 35.8. The summed E-state index contributed by atoms with van der Waals surface area (Å²) in [6, 6.07) is 5.87. The quantitative estimate of drug-likeness (QED) is 0.381. The van der Waals surface area contributed by atoms with Gasteiger partial charge in [0.1, 0.15) is 0 Å². The molecule has 0 fully saturated rings. The number of carbonyl (C=O) groups is 3. The Morgan fingerprint density at radius 3 is 2.03 bits per heavy atom. The minimum Gasteiger partial charge on any atom is -0.327 e. The first-order chi connectivity index (χ1) is 15.3. The number of nitrogens with zero attached hydrogens (tertiary/aromatic N) is 1. The van der Waals surface area contributed by atoms with E-state index in [2.05, 4.69) is 5.32 Å². The van der Waals surface area contributed by atoms with Crippen LogP contribution >= 0.6 is 0 Å². The molecule has 0 saturated carbocycles. The topological polar surface area (TPSA) is 175 Å². The number of nitrogens with one attached hydrogen (secondary N) is 1. The highest BCUT2D eigenvalue weighted by Crippen LogP contribution is 2.39. The number of anilines is 1. The Hall–Kier alpha value is -3.39. The molecule has 1 heterocycles. The zero-order valence-electron chi connectivity index (χ0n) is 16.9. The van der Waals surface area contributed by atoms with E-state index in [0.717, 1.165) is 36.1 Å². The number of benzene rings is 1. The van der Waals surface area contributed by atoms with Gasteiger partial charge in [-0.15, -0.1) is 0 Å². The van der Waals surface area contributed by atoms with Crippen LogP contribution in [0.3, 0.4) is 0 Å². The van der Waals surface area contributed by atoms with Gasteiger partial charge in [0.15, 0.2) is 0 Å². The molecule has 1 aliphatic heterocycles. The lowest BCUT2D eigenvalue weighted by atomic mass is 9.96. The Labute approximate surface area is 189 Å². The molecule has 11 nitrogen and oxygen atoms in total. The first-order valence-corrected chi connectivity index (χ1v) is 12.1. The monoisotopic (exact) mass is 494 g/mol. The number of hydrogen-bond donors (Lipinski definition) is 3. The van der Waals surface area contributed by atoms with Gasteiger partial charge in [-0.3, -0.25) is 23.5 Å². The van der Waals surface area contributed by atoms with Crippen molar-refractivity contribution in [3.63, 3.8) is 0 Å². The summed E-state index contributed by atoms with van der Waals surface area (Å²) < 4.78 is 65.1. The van der Waals surface area contributed by atoms with Gasteiger partial charge in [-0.05, 0) is 29.8 Å². The van der Waals surface area contributed by atoms with Crippen LogP contribution in [0.25, 0.3) is 6.08 Å². The van der Waals surface area contributed by atoms with Crippen LogP contribution in [0.2, 0.25) is 0 Å². The maximum Gasteiger partial charge on any atom is 0.292 e. The average molecular weight is 495 g/mol. The lowest BCUT2D eigenvalue weighted by Crippen LogP contribution is -2.51. The Morgan fingerprint density at radius 1 is 1.00 bits per heavy atom. The highest BCUT2D eigenvalue weighted by atomic mass is 32.3. The number of imide groups is 1. The second-order valence-electron chi connectivity index (χ2n) is 7.13. The highest BCUT2D eigenvalue weighted by molar-refractivity contribution is 8.05. The Bertz CT molecular complexity index is 1300. The minimum absolute atomic E-state index is 0.250. The Balaban J connectivity index is 1.98. The summed E-state index contributed by atoms with van der Waals surface area (Å²) in [7, 11) is -10.9. The van der Waals surface area contributed by atoms with Crippen molar-refractivity contribution in [2.24, 2.45) is 5.92 Å². The molecular formula is C20H18N2O9S2. The normalized spacial score (nSPS) is 20.4. The van der Waals surface area contributed by atoms with E-state index < -0.39 is 48.0 Å². The molecule has 2 aliphatic rings. The van der Waals surface area contributed by atoms with E-state index in [-0.39, 0.29) is 11.4 Å². The highest BCUT2D eigenvalue weighted by Gasteiger charge is 2.58. The fourth-order valence-electron chi connectivity index (χ4n) is 3.41. The van der Waals surface area contributed by atoms with Gasteiger partial charge in [-0.2, -0.15) is 16.8 Å². The summed E-state index contributed by atoms with van der Waals surface area (Å²) in [5.41, 5.74) is 0.466. The maximum atomic E-state index is 12.2. The van der Waals surface area contributed by atoms with Crippen molar-refractivity contribution >= 4 is 49.7 Å². The molecule has 1 unspecified atom stereocenters. The fraction of sp³-hybridized carbons (Fsp3) is 0.150. The molecule has 0 spiro atoms. The Kier molecular flexibility index (Phi) is 6.26. The van der Waals surface area contributed by atoms with Crippen molar-refractivity contribution in [2.45, 2.75) is 11.0 Å². The Morgan fingerprint density at radius 2 is 1.55 bits per heavy atom. The third-order valence-corrected chi connectivity index (χ3v) is 8.54. The van der Waals surface area contributed by atoms with Gasteiger partial charge in [0.25, 0.3) is 36.1 Å². The molecule has 0 radical (unpaired) electrons. The molecule has 3 N–H and O–H groups in total. The molecule has 3 rings (SSSR count). The molecule has 0 bridgehead atoms. The molecule has 1 aromatic carbocycles. The van der Waals surface area contributed by atoms with Crippen molar-refractivity contribution < 1.29 is 40.3 Å². The molecule has 3 amide bonds. The van der Waals surface area contributed by atoms with Crippen LogP contribution in [-0.4, -0.2) is 47.7 Å². The van der Waals surface area contributed by atoms with Crippen LogP contribution < -0.4 is 10.2 Å². The number of amides is 3. The summed E-state index contributed by atoms with van der Waals surface area (Å²) in [5, 5.41) is 2.21. The molecule has 1 aromatic rings. The molecule has 1 atom stereocenters. The van der Waals surface area contributed by atoms with Crippen LogP contribution in [0.5, 0.6) is 0 Å². The number of hydrogen-bond acceptors (Lipinski definition) is 7. The van der Waals surface area contributed by atoms with E-state index in [9.17, 15) is 40.3 Å². The summed E-state index contributed by atoms with van der Waals surface area (Å²) in [6.07, 6.45) is 7.57. The second kappa shape index (κ2) is 8.51. The average Bonchev–Trinajstić information content (AvgIpc) is 3.03. The first kappa shape index (κ1) is 24.3. The molecule has 0 saturated heterocycles. The standard InChI is InChI=1S/C20H18N2O9S2/c1-13(23)21-16-7-6-15(20(12-16,32(26,27)28)33(29,30)31)5-2-14-3-8-17(9-4-14)22-18(24)10-11-19(22)25/h2-12,15H,1H3,(H,21,23)(H,26,27,28)(H,29,30,31). The smallest absolute Gasteiger partial charge is 0.292 e. The fourth-order valence-corrected chi connectivity index (χ4v) is 6.03. The van der Waals surface area contributed by atoms with Gasteiger partial charge in [-0.25, -0.2) is 4.90 Å². The van der Waals surface area contributed by atoms with Gasteiger partial charge in [0, 0.05) is 30.7 Å². The molecule has 13 heteroatoms. The molecule has 0 aromatic heterocycles. The number of rotatable bonds is 6. The summed E-state index contributed by atoms with van der Waals surface area (Å²) >= 11 is 0. The summed E-state index contributed by atoms with van der Waals surface area (Å²) in [6.45, 7) is 1.10. The predicted molar refractivity (Wildman–Crippen MR) is 117 cm³/mol. The third kappa shape index (κ3) is 4.57. The van der Waals surface area contributed by atoms with Gasteiger partial charge in [-0.1, -0.05) is 30.4 Å². The van der Waals surface area contributed by atoms with E-state index in [4.69, 9.17) is 0 Å². The maximum absolute atomic E-state index is 12.2. The molecule has 33 heavy (non-hydrogen) atoms. The summed E-state index contributed by atoms with van der Waals surface area (Å²) in [5.74, 6) is -3.23. The lowest BCUT2D eigenvalue weighted by Gasteiger charge is -2.32. The number of carbonyl (C=O) groups excluding carboxylic acids is 3. The zero-order valence-corrected chi connectivity index (χ0v) is 18.6. The van der Waals surface area contributed by atoms with Crippen molar-refractivity contribution in [2.75, 3.05) is 4.90 Å². The van der Waals surface area contributed by atoms with E-state index in [1.54, 1.807) is 0 Å². The van der Waals surface area contributed by atoms with Gasteiger partial charge in [0.2, 0.25) is 5.91 Å². The SMILES string of the molecule is CC(=O)NC1=CC(S(=O)(=O)O)(S(=O)(=O)O)C(C=Cc2ccc(N3C(=O)C=CC3=O)cc2)C=C1. The van der Waals surface area contributed by atoms with Crippen LogP contribution in [0.15, 0.2) is 66.4 Å². The van der Waals surface area contributed by atoms with E-state index in [0.29, 0.717) is 11.6 Å². The van der Waals surface area contributed by atoms with Crippen LogP contribution in [0.1, 0.15) is 12.5 Å². The molecule has 1 aliphatic carbocycles. The zero-order chi connectivity index (χ0) is 24.6. The predicted octanol–water partition coefficient (Wildman–Crippen LogP) is 0.807. The number of allylic oxidation sites excluding steroid dienone is 3. The van der Waals surface area contributed by atoms with Gasteiger partial charge < -0.3 is 5.32 Å². The minimum atomic E-state index is -5.45. The van der Waals surface area contributed by atoms with Crippen LogP contribution in [0.4, 0.5) is 5.69 Å². The van der Waals surface area contributed by atoms with Crippen LogP contribution in [0, 0.1) is 5.92 Å². The largest absolute Gasteiger partial charge is 0.327 e. The third-order valence-electron chi connectivity index (χ3n) is 4.89. The van der Waals surface area contributed by atoms with Crippen molar-refractivity contribution in [1.82, 2.24) is 5.32 Å². The van der Waals surface area contributed by atoms with Crippen molar-refractivity contribution in [3.8, 4) is 0 Å². The molecular weight excluding hydrogens is 476 g/mol. The molecule has 174 valence electrons. The van der Waals surface area contributed by atoms with Gasteiger partial charge >= 0.3 is 0 Å². The lowest BCUT2D eigenvalue weighted by molar-refractivity contribution is -0.120. The van der Waals surface area contributed by atoms with Crippen LogP contribution in [-0.2, 0) is 34.6 Å². The van der Waals surface area contributed by atoms with Crippen molar-refractivity contribution in [3.05, 3.63) is 72.0 Å². The van der Waals surface area contributed by atoms with E-state index in [1.165, 1.54) is 36.4 Å². The second-order valence-corrected chi connectivity index (χ2v) is 10.6. The van der Waals surface area contributed by atoms with E-state index >= 15 is 0 Å². The van der Waals surface area contributed by atoms with E-state index in [1.807, 2.05) is 0 Å².